The van der Waals surface area contributed by atoms with Gasteiger partial charge in [-0.1, -0.05) is 43.8 Å². The molecule has 0 unspecified atom stereocenters. The molecule has 1 aromatic heterocycles. The van der Waals surface area contributed by atoms with E-state index in [4.69, 9.17) is 5.73 Å². The summed E-state index contributed by atoms with van der Waals surface area (Å²) in [4.78, 5) is 23.3. The summed E-state index contributed by atoms with van der Waals surface area (Å²) in [5.74, 6) is 0.885. The van der Waals surface area contributed by atoms with Crippen molar-refractivity contribution in [2.45, 2.75) is 45.3 Å². The fourth-order valence-electron chi connectivity index (χ4n) is 2.42. The van der Waals surface area contributed by atoms with Crippen LogP contribution in [0.1, 0.15) is 31.7 Å². The Bertz CT molecular complexity index is 773. The molecule has 2 amide bonds. The van der Waals surface area contributed by atoms with Crippen molar-refractivity contribution in [2.75, 3.05) is 11.1 Å². The predicted molar refractivity (Wildman–Crippen MR) is 103 cm³/mol. The standard InChI is InChI=1S/C18H25N5O2S/c1-12(2)10-23-16(9-8-15(19)24)21-22-18(23)26-11-17(25)20-14-7-5-4-6-13(14)3/h4-7,12H,8-11H2,1-3H3,(H2,19,24)(H,20,25). The number of amides is 2. The maximum atomic E-state index is 12.2. The molecule has 0 saturated carbocycles. The smallest absolute Gasteiger partial charge is 0.234 e. The van der Waals surface area contributed by atoms with Crippen LogP contribution in [0.2, 0.25) is 0 Å². The number of carbonyl (C=O) groups is 2. The van der Waals surface area contributed by atoms with Gasteiger partial charge in [0.25, 0.3) is 0 Å². The van der Waals surface area contributed by atoms with Gasteiger partial charge in [-0.2, -0.15) is 0 Å². The van der Waals surface area contributed by atoms with E-state index >= 15 is 0 Å². The molecule has 0 fully saturated rings. The van der Waals surface area contributed by atoms with Crippen LogP contribution in [0.3, 0.4) is 0 Å². The Morgan fingerprint density at radius 1 is 1.27 bits per heavy atom. The van der Waals surface area contributed by atoms with Crippen LogP contribution in [0.15, 0.2) is 29.4 Å². The van der Waals surface area contributed by atoms with Crippen molar-refractivity contribution < 1.29 is 9.59 Å². The van der Waals surface area contributed by atoms with E-state index in [-0.39, 0.29) is 24.0 Å². The Hall–Kier alpha value is -2.35. The monoisotopic (exact) mass is 375 g/mol. The van der Waals surface area contributed by atoms with Gasteiger partial charge in [0.05, 0.1) is 5.75 Å². The summed E-state index contributed by atoms with van der Waals surface area (Å²) in [6.07, 6.45) is 0.680. The van der Waals surface area contributed by atoms with Crippen molar-refractivity contribution in [3.05, 3.63) is 35.7 Å². The molecule has 7 nitrogen and oxygen atoms in total. The minimum atomic E-state index is -0.365. The normalized spacial score (nSPS) is 10.9. The Morgan fingerprint density at radius 2 is 2.00 bits per heavy atom. The van der Waals surface area contributed by atoms with Crippen molar-refractivity contribution >= 4 is 29.3 Å². The average molecular weight is 375 g/mol. The number of benzene rings is 1. The highest BCUT2D eigenvalue weighted by Gasteiger charge is 2.16. The van der Waals surface area contributed by atoms with Crippen molar-refractivity contribution in [1.82, 2.24) is 14.8 Å². The molecule has 0 spiro atoms. The summed E-state index contributed by atoms with van der Waals surface area (Å²) in [6, 6.07) is 7.65. The number of nitrogens with two attached hydrogens (primary N) is 1. The third-order valence-corrected chi connectivity index (χ3v) is 4.65. The van der Waals surface area contributed by atoms with Crippen molar-refractivity contribution in [3.63, 3.8) is 0 Å². The van der Waals surface area contributed by atoms with E-state index in [0.29, 0.717) is 17.5 Å². The molecule has 0 bridgehead atoms. The number of thioether (sulfide) groups is 1. The summed E-state index contributed by atoms with van der Waals surface area (Å²) in [7, 11) is 0. The fourth-order valence-corrected chi connectivity index (χ4v) is 3.19. The largest absolute Gasteiger partial charge is 0.370 e. The number of aromatic nitrogens is 3. The van der Waals surface area contributed by atoms with Gasteiger partial charge in [-0.15, -0.1) is 10.2 Å². The molecule has 3 N–H and O–H groups in total. The number of carbonyl (C=O) groups excluding carboxylic acids is 2. The molecule has 8 heteroatoms. The quantitative estimate of drug-likeness (QED) is 0.655. The second-order valence-corrected chi connectivity index (χ2v) is 7.46. The zero-order valence-corrected chi connectivity index (χ0v) is 16.2. The number of aryl methyl sites for hydroxylation is 2. The van der Waals surface area contributed by atoms with E-state index in [9.17, 15) is 9.59 Å². The molecule has 0 aliphatic heterocycles. The van der Waals surface area contributed by atoms with E-state index < -0.39 is 0 Å². The first-order chi connectivity index (χ1) is 12.4. The van der Waals surface area contributed by atoms with Crippen LogP contribution in [-0.4, -0.2) is 32.3 Å². The highest BCUT2D eigenvalue weighted by Crippen LogP contribution is 2.20. The van der Waals surface area contributed by atoms with Gasteiger partial charge in [0.2, 0.25) is 11.8 Å². The lowest BCUT2D eigenvalue weighted by Gasteiger charge is -2.12. The predicted octanol–water partition coefficient (Wildman–Crippen LogP) is 2.39. The number of hydrogen-bond acceptors (Lipinski definition) is 5. The maximum absolute atomic E-state index is 12.2. The second-order valence-electron chi connectivity index (χ2n) is 6.52. The zero-order chi connectivity index (χ0) is 19.1. The molecule has 1 heterocycles. The van der Waals surface area contributed by atoms with Crippen LogP contribution in [-0.2, 0) is 22.6 Å². The molecule has 140 valence electrons. The van der Waals surface area contributed by atoms with E-state index in [1.807, 2.05) is 35.8 Å². The van der Waals surface area contributed by atoms with Crippen LogP contribution in [0.25, 0.3) is 0 Å². The molecular weight excluding hydrogens is 350 g/mol. The van der Waals surface area contributed by atoms with Crippen molar-refractivity contribution in [2.24, 2.45) is 11.7 Å². The third-order valence-electron chi connectivity index (χ3n) is 3.69. The molecule has 0 aliphatic rings. The second kappa shape index (κ2) is 9.38. The lowest BCUT2D eigenvalue weighted by molar-refractivity contribution is -0.118. The van der Waals surface area contributed by atoms with Crippen molar-refractivity contribution in [3.8, 4) is 0 Å². The van der Waals surface area contributed by atoms with E-state index in [1.54, 1.807) is 0 Å². The van der Waals surface area contributed by atoms with Crippen molar-refractivity contribution in [1.29, 1.82) is 0 Å². The number of para-hydroxylation sites is 1. The summed E-state index contributed by atoms with van der Waals surface area (Å²) in [6.45, 7) is 6.87. The number of anilines is 1. The Morgan fingerprint density at radius 3 is 2.65 bits per heavy atom. The van der Waals surface area contributed by atoms with Gasteiger partial charge < -0.3 is 15.6 Å². The SMILES string of the molecule is Cc1ccccc1NC(=O)CSc1nnc(CCC(N)=O)n1CC(C)C. The summed E-state index contributed by atoms with van der Waals surface area (Å²) >= 11 is 1.34. The summed E-state index contributed by atoms with van der Waals surface area (Å²) in [5.41, 5.74) is 7.05. The van der Waals surface area contributed by atoms with Gasteiger partial charge in [0, 0.05) is 25.1 Å². The minimum Gasteiger partial charge on any atom is -0.370 e. The number of rotatable bonds is 9. The van der Waals surface area contributed by atoms with Gasteiger partial charge >= 0.3 is 0 Å². The Kier molecular flexibility index (Phi) is 7.20. The summed E-state index contributed by atoms with van der Waals surface area (Å²) in [5, 5.41) is 11.9. The molecule has 0 atom stereocenters. The molecule has 2 aromatic rings. The maximum Gasteiger partial charge on any atom is 0.234 e. The molecule has 0 saturated heterocycles. The molecular formula is C18H25N5O2S. The summed E-state index contributed by atoms with van der Waals surface area (Å²) < 4.78 is 1.97. The lowest BCUT2D eigenvalue weighted by Crippen LogP contribution is -2.17. The van der Waals surface area contributed by atoms with Gasteiger partial charge in [-0.3, -0.25) is 9.59 Å². The van der Waals surface area contributed by atoms with Crippen LogP contribution in [0.5, 0.6) is 0 Å². The first-order valence-electron chi connectivity index (χ1n) is 8.55. The van der Waals surface area contributed by atoms with E-state index in [0.717, 1.165) is 23.6 Å². The first kappa shape index (κ1) is 20.0. The number of hydrogen-bond donors (Lipinski definition) is 2. The zero-order valence-electron chi connectivity index (χ0n) is 15.4. The molecule has 0 radical (unpaired) electrons. The first-order valence-corrected chi connectivity index (χ1v) is 9.54. The Labute approximate surface area is 157 Å². The highest BCUT2D eigenvalue weighted by atomic mass is 32.2. The van der Waals surface area contributed by atoms with Crippen LogP contribution in [0.4, 0.5) is 5.69 Å². The topological polar surface area (TPSA) is 103 Å². The van der Waals surface area contributed by atoms with Gasteiger partial charge in [0.15, 0.2) is 5.16 Å². The minimum absolute atomic E-state index is 0.0953. The molecule has 26 heavy (non-hydrogen) atoms. The van der Waals surface area contributed by atoms with E-state index in [2.05, 4.69) is 29.4 Å². The fraction of sp³-hybridized carbons (Fsp3) is 0.444. The van der Waals surface area contributed by atoms with Crippen LogP contribution < -0.4 is 11.1 Å². The number of primary amides is 1. The van der Waals surface area contributed by atoms with E-state index in [1.165, 1.54) is 11.8 Å². The van der Waals surface area contributed by atoms with Gasteiger partial charge in [-0.05, 0) is 24.5 Å². The van der Waals surface area contributed by atoms with Crippen LogP contribution >= 0.6 is 11.8 Å². The number of nitrogens with one attached hydrogen (secondary N) is 1. The van der Waals surface area contributed by atoms with Gasteiger partial charge in [-0.25, -0.2) is 0 Å². The highest BCUT2D eigenvalue weighted by molar-refractivity contribution is 7.99. The number of nitrogens with zero attached hydrogens (tertiary/aromatic N) is 3. The average Bonchev–Trinajstić information content (AvgIpc) is 2.94. The van der Waals surface area contributed by atoms with Gasteiger partial charge in [0.1, 0.15) is 5.82 Å². The molecule has 1 aromatic carbocycles. The third kappa shape index (κ3) is 5.87. The lowest BCUT2D eigenvalue weighted by atomic mass is 10.2. The molecule has 0 aliphatic carbocycles. The van der Waals surface area contributed by atoms with Crippen LogP contribution in [0, 0.1) is 12.8 Å². The molecule has 2 rings (SSSR count). The Balaban J connectivity index is 2.02.